The van der Waals surface area contributed by atoms with Gasteiger partial charge in [0.25, 0.3) is 0 Å². The Hall–Kier alpha value is -3.45. The predicted molar refractivity (Wildman–Crippen MR) is 128 cm³/mol. The van der Waals surface area contributed by atoms with Crippen molar-refractivity contribution < 1.29 is 13.9 Å². The zero-order valence-electron chi connectivity index (χ0n) is 19.0. The third kappa shape index (κ3) is 5.31. The van der Waals surface area contributed by atoms with Gasteiger partial charge in [0, 0.05) is 6.07 Å². The van der Waals surface area contributed by atoms with E-state index in [0.29, 0.717) is 5.56 Å². The van der Waals surface area contributed by atoms with Gasteiger partial charge in [-0.2, -0.15) is 5.26 Å². The number of esters is 1. The normalized spacial score (nSPS) is 11.9. The summed E-state index contributed by atoms with van der Waals surface area (Å²) in [6.45, 7) is 2.24. The molecule has 4 rings (SSSR count). The van der Waals surface area contributed by atoms with E-state index in [4.69, 9.17) is 10.00 Å². The second-order valence-corrected chi connectivity index (χ2v) is 8.67. The molecule has 3 aromatic rings. The molecule has 0 spiro atoms. The van der Waals surface area contributed by atoms with Crippen molar-refractivity contribution in [1.82, 2.24) is 0 Å². The molecule has 0 fully saturated rings. The van der Waals surface area contributed by atoms with Gasteiger partial charge in [-0.25, -0.2) is 9.18 Å². The summed E-state index contributed by atoms with van der Waals surface area (Å²) in [5, 5.41) is 8.84. The Labute approximate surface area is 194 Å². The summed E-state index contributed by atoms with van der Waals surface area (Å²) in [4.78, 5) is 12.6. The molecule has 168 valence electrons. The lowest BCUT2D eigenvalue weighted by molar-refractivity contribution is 0.0734. The number of hydrogen-bond acceptors (Lipinski definition) is 3. The minimum absolute atomic E-state index is 0.0816. The van der Waals surface area contributed by atoms with Crippen LogP contribution in [0.1, 0.15) is 71.6 Å². The molecule has 3 nitrogen and oxygen atoms in total. The first-order valence-corrected chi connectivity index (χ1v) is 11.8. The number of unbranched alkanes of at least 4 members (excludes halogenated alkanes) is 4. The summed E-state index contributed by atoms with van der Waals surface area (Å²) < 4.78 is 19.1. The third-order valence-electron chi connectivity index (χ3n) is 6.31. The fourth-order valence-electron chi connectivity index (χ4n) is 4.48. The van der Waals surface area contributed by atoms with Gasteiger partial charge in [0.15, 0.2) is 0 Å². The molecular weight excluding hydrogens is 413 g/mol. The van der Waals surface area contributed by atoms with Crippen LogP contribution >= 0.6 is 0 Å². The molecule has 0 aromatic heterocycles. The van der Waals surface area contributed by atoms with Crippen molar-refractivity contribution in [2.24, 2.45) is 0 Å². The molecule has 0 N–H and O–H groups in total. The molecule has 0 bridgehead atoms. The van der Waals surface area contributed by atoms with E-state index >= 15 is 0 Å². The number of nitriles is 1. The minimum Gasteiger partial charge on any atom is -0.423 e. The van der Waals surface area contributed by atoms with Crippen molar-refractivity contribution >= 4 is 5.97 Å². The quantitative estimate of drug-likeness (QED) is 0.211. The van der Waals surface area contributed by atoms with Gasteiger partial charge in [-0.15, -0.1) is 0 Å². The lowest BCUT2D eigenvalue weighted by atomic mass is 9.83. The number of nitrogens with zero attached hydrogens (tertiary/aromatic N) is 1. The number of benzene rings is 3. The van der Waals surface area contributed by atoms with Gasteiger partial charge in [-0.3, -0.25) is 0 Å². The highest BCUT2D eigenvalue weighted by Gasteiger charge is 2.19. The Bertz CT molecular complexity index is 1210. The summed E-state index contributed by atoms with van der Waals surface area (Å²) in [6.07, 6.45) is 9.39. The molecule has 0 amide bonds. The summed E-state index contributed by atoms with van der Waals surface area (Å²) in [6, 6.07) is 18.0. The molecule has 0 atom stereocenters. The number of carbonyl (C=O) groups is 1. The second kappa shape index (κ2) is 10.4. The maximum atomic E-state index is 13.8. The van der Waals surface area contributed by atoms with Crippen LogP contribution in [-0.4, -0.2) is 5.97 Å². The Morgan fingerprint density at radius 2 is 1.67 bits per heavy atom. The molecule has 0 aliphatic heterocycles. The monoisotopic (exact) mass is 441 g/mol. The highest BCUT2D eigenvalue weighted by molar-refractivity contribution is 5.92. The van der Waals surface area contributed by atoms with E-state index in [1.165, 1.54) is 60.9 Å². The number of halogens is 1. The Kier molecular flexibility index (Phi) is 7.19. The van der Waals surface area contributed by atoms with E-state index in [2.05, 4.69) is 25.1 Å². The van der Waals surface area contributed by atoms with E-state index in [-0.39, 0.29) is 11.3 Å². The zero-order valence-corrected chi connectivity index (χ0v) is 19.0. The molecule has 0 unspecified atom stereocenters. The average molecular weight is 442 g/mol. The number of fused-ring (bicyclic) bond motifs is 3. The second-order valence-electron chi connectivity index (χ2n) is 8.67. The average Bonchev–Trinajstić information content (AvgIpc) is 2.83. The van der Waals surface area contributed by atoms with Crippen LogP contribution in [0.2, 0.25) is 0 Å². The van der Waals surface area contributed by atoms with Crippen LogP contribution in [0.5, 0.6) is 5.75 Å². The van der Waals surface area contributed by atoms with Crippen LogP contribution in [0.4, 0.5) is 4.39 Å². The molecule has 3 aromatic carbocycles. The minimum atomic E-state index is -0.704. The van der Waals surface area contributed by atoms with E-state index < -0.39 is 11.8 Å². The van der Waals surface area contributed by atoms with Crippen molar-refractivity contribution in [2.45, 2.75) is 58.3 Å². The van der Waals surface area contributed by atoms with Crippen LogP contribution in [0, 0.1) is 17.1 Å². The standard InChI is InChI=1S/C29H28FNO2/c1-2-3-4-5-6-7-20-8-14-26-21(16-20)9-10-22-17-23(12-15-27(22)26)29(32)33-25-13-11-24(19-31)28(30)18-25/h8,11-18H,2-7,9-10H2,1H3. The van der Waals surface area contributed by atoms with Gasteiger partial charge in [0.05, 0.1) is 11.1 Å². The van der Waals surface area contributed by atoms with Crippen molar-refractivity contribution in [2.75, 3.05) is 0 Å². The summed E-state index contributed by atoms with van der Waals surface area (Å²) in [5.74, 6) is -1.15. The lowest BCUT2D eigenvalue weighted by Gasteiger charge is -2.21. The maximum Gasteiger partial charge on any atom is 0.343 e. The van der Waals surface area contributed by atoms with Gasteiger partial charge in [0.1, 0.15) is 17.6 Å². The zero-order chi connectivity index (χ0) is 23.2. The fourth-order valence-corrected chi connectivity index (χ4v) is 4.48. The SMILES string of the molecule is CCCCCCCc1ccc2c(c1)CCc1cc(C(=O)Oc3ccc(C#N)c(F)c3)ccc1-2. The highest BCUT2D eigenvalue weighted by atomic mass is 19.1. The molecule has 1 aliphatic rings. The van der Waals surface area contributed by atoms with Gasteiger partial charge in [0.2, 0.25) is 0 Å². The molecule has 0 saturated carbocycles. The summed E-state index contributed by atoms with van der Waals surface area (Å²) in [5.41, 5.74) is 6.65. The summed E-state index contributed by atoms with van der Waals surface area (Å²) in [7, 11) is 0. The predicted octanol–water partition coefficient (Wildman–Crippen LogP) is 7.20. The number of ether oxygens (including phenoxy) is 1. The third-order valence-corrected chi connectivity index (χ3v) is 6.31. The molecule has 0 heterocycles. The maximum absolute atomic E-state index is 13.8. The first kappa shape index (κ1) is 22.7. The van der Waals surface area contributed by atoms with Gasteiger partial charge in [-0.1, -0.05) is 56.9 Å². The van der Waals surface area contributed by atoms with Crippen molar-refractivity contribution in [1.29, 1.82) is 5.26 Å². The van der Waals surface area contributed by atoms with Crippen LogP contribution in [-0.2, 0) is 19.3 Å². The fraction of sp³-hybridized carbons (Fsp3) is 0.310. The molecule has 0 radical (unpaired) electrons. The van der Waals surface area contributed by atoms with E-state index in [1.54, 1.807) is 12.1 Å². The Morgan fingerprint density at radius 1 is 0.939 bits per heavy atom. The number of aryl methyl sites for hydroxylation is 3. The first-order chi connectivity index (χ1) is 16.1. The molecule has 0 saturated heterocycles. The van der Waals surface area contributed by atoms with Crippen molar-refractivity contribution in [3.63, 3.8) is 0 Å². The number of rotatable bonds is 8. The van der Waals surface area contributed by atoms with Crippen LogP contribution in [0.15, 0.2) is 54.6 Å². The van der Waals surface area contributed by atoms with Gasteiger partial charge in [-0.05, 0) is 77.8 Å². The van der Waals surface area contributed by atoms with Crippen LogP contribution in [0.3, 0.4) is 0 Å². The topological polar surface area (TPSA) is 50.1 Å². The van der Waals surface area contributed by atoms with Crippen molar-refractivity contribution in [3.8, 4) is 22.9 Å². The molecule has 4 heteroatoms. The Morgan fingerprint density at radius 3 is 2.39 bits per heavy atom. The summed E-state index contributed by atoms with van der Waals surface area (Å²) >= 11 is 0. The lowest BCUT2D eigenvalue weighted by Crippen LogP contribution is -2.11. The Balaban J connectivity index is 1.46. The van der Waals surface area contributed by atoms with Crippen LogP contribution in [0.25, 0.3) is 11.1 Å². The van der Waals surface area contributed by atoms with Gasteiger partial charge < -0.3 is 4.74 Å². The van der Waals surface area contributed by atoms with E-state index in [1.807, 2.05) is 12.1 Å². The van der Waals surface area contributed by atoms with Crippen LogP contribution < -0.4 is 4.74 Å². The highest BCUT2D eigenvalue weighted by Crippen LogP contribution is 2.35. The van der Waals surface area contributed by atoms with Gasteiger partial charge >= 0.3 is 5.97 Å². The largest absolute Gasteiger partial charge is 0.423 e. The molecule has 1 aliphatic carbocycles. The van der Waals surface area contributed by atoms with Crippen molar-refractivity contribution in [3.05, 3.63) is 88.2 Å². The smallest absolute Gasteiger partial charge is 0.343 e. The van der Waals surface area contributed by atoms with E-state index in [9.17, 15) is 9.18 Å². The molecule has 33 heavy (non-hydrogen) atoms. The number of hydrogen-bond donors (Lipinski definition) is 0. The van der Waals surface area contributed by atoms with E-state index in [0.717, 1.165) is 36.5 Å². The first-order valence-electron chi connectivity index (χ1n) is 11.8. The molecular formula is C29H28FNO2. The number of carbonyl (C=O) groups excluding carboxylic acids is 1.